The first-order valence-electron chi connectivity index (χ1n) is 9.58. The summed E-state index contributed by atoms with van der Waals surface area (Å²) in [6.45, 7) is 3.06. The third-order valence-corrected chi connectivity index (χ3v) is 6.83. The number of ether oxygens (including phenoxy) is 2. The van der Waals surface area contributed by atoms with Crippen LogP contribution in [0.25, 0.3) is 0 Å². The summed E-state index contributed by atoms with van der Waals surface area (Å²) >= 11 is 0. The zero-order valence-corrected chi connectivity index (χ0v) is 17.8. The van der Waals surface area contributed by atoms with Gasteiger partial charge in [-0.1, -0.05) is 18.2 Å². The fourth-order valence-corrected chi connectivity index (χ4v) is 4.77. The lowest BCUT2D eigenvalue weighted by Gasteiger charge is -2.26. The van der Waals surface area contributed by atoms with E-state index in [0.717, 1.165) is 0 Å². The van der Waals surface area contributed by atoms with Gasteiger partial charge in [0.2, 0.25) is 15.9 Å². The second kappa shape index (κ2) is 9.55. The van der Waals surface area contributed by atoms with Crippen molar-refractivity contribution < 1.29 is 27.1 Å². The molecule has 0 unspecified atom stereocenters. The van der Waals surface area contributed by atoms with E-state index in [2.05, 4.69) is 5.32 Å². The lowest BCUT2D eigenvalue weighted by Crippen LogP contribution is -2.40. The van der Waals surface area contributed by atoms with Crippen LogP contribution < -0.4 is 10.1 Å². The van der Waals surface area contributed by atoms with Crippen molar-refractivity contribution >= 4 is 15.9 Å². The maximum absolute atomic E-state index is 13.6. The van der Waals surface area contributed by atoms with Gasteiger partial charge in [0.15, 0.2) is 0 Å². The molecule has 0 saturated carbocycles. The standard InChI is InChI=1S/C21H25FN2O5S/c1-15-3-4-17(11-18(15)22)14-23-21(25)13-16-5-6-19(28-2)20(12-16)30(26,27)24-7-9-29-10-8-24/h3-6,11-12H,7-10,13-14H2,1-2H3,(H,23,25). The third kappa shape index (κ3) is 5.16. The number of hydrogen-bond donors (Lipinski definition) is 1. The highest BCUT2D eigenvalue weighted by Crippen LogP contribution is 2.28. The number of aryl methyl sites for hydroxylation is 1. The fourth-order valence-electron chi connectivity index (χ4n) is 3.15. The molecule has 0 bridgehead atoms. The van der Waals surface area contributed by atoms with Gasteiger partial charge in [-0.05, 0) is 41.8 Å². The Morgan fingerprint density at radius 3 is 2.53 bits per heavy atom. The van der Waals surface area contributed by atoms with Gasteiger partial charge in [0.1, 0.15) is 16.5 Å². The Morgan fingerprint density at radius 1 is 1.17 bits per heavy atom. The summed E-state index contributed by atoms with van der Waals surface area (Å²) in [5.41, 5.74) is 1.73. The molecule has 1 N–H and O–H groups in total. The van der Waals surface area contributed by atoms with E-state index in [1.54, 1.807) is 31.2 Å². The average molecular weight is 437 g/mol. The van der Waals surface area contributed by atoms with Crippen molar-refractivity contribution in [1.82, 2.24) is 9.62 Å². The molecular formula is C21H25FN2O5S. The van der Waals surface area contributed by atoms with E-state index >= 15 is 0 Å². The number of carbonyl (C=O) groups excluding carboxylic acids is 1. The summed E-state index contributed by atoms with van der Waals surface area (Å²) in [6, 6.07) is 9.46. The van der Waals surface area contributed by atoms with Crippen LogP contribution in [0.1, 0.15) is 16.7 Å². The van der Waals surface area contributed by atoms with Gasteiger partial charge in [-0.2, -0.15) is 4.31 Å². The molecule has 2 aromatic rings. The fraction of sp³-hybridized carbons (Fsp3) is 0.381. The van der Waals surface area contributed by atoms with E-state index in [-0.39, 0.29) is 48.4 Å². The molecule has 0 atom stereocenters. The number of nitrogens with zero attached hydrogens (tertiary/aromatic N) is 1. The maximum Gasteiger partial charge on any atom is 0.246 e. The first-order chi connectivity index (χ1) is 14.3. The lowest BCUT2D eigenvalue weighted by molar-refractivity contribution is -0.120. The van der Waals surface area contributed by atoms with Crippen LogP contribution in [0.3, 0.4) is 0 Å². The van der Waals surface area contributed by atoms with Gasteiger partial charge < -0.3 is 14.8 Å². The molecule has 9 heteroatoms. The molecule has 1 amide bonds. The summed E-state index contributed by atoms with van der Waals surface area (Å²) < 4.78 is 51.5. The minimum atomic E-state index is -3.77. The van der Waals surface area contributed by atoms with Gasteiger partial charge in [0, 0.05) is 19.6 Å². The van der Waals surface area contributed by atoms with Gasteiger partial charge in [-0.15, -0.1) is 0 Å². The van der Waals surface area contributed by atoms with Crippen molar-refractivity contribution in [2.24, 2.45) is 0 Å². The summed E-state index contributed by atoms with van der Waals surface area (Å²) in [5.74, 6) is -0.397. The highest BCUT2D eigenvalue weighted by molar-refractivity contribution is 7.89. The summed E-state index contributed by atoms with van der Waals surface area (Å²) in [4.78, 5) is 12.4. The van der Waals surface area contributed by atoms with Gasteiger partial charge in [0.25, 0.3) is 0 Å². The maximum atomic E-state index is 13.6. The number of carbonyl (C=O) groups is 1. The third-order valence-electron chi connectivity index (χ3n) is 4.91. The minimum absolute atomic E-state index is 0.00995. The van der Waals surface area contributed by atoms with Crippen LogP contribution in [0, 0.1) is 12.7 Å². The molecular weight excluding hydrogens is 411 g/mol. The number of sulfonamides is 1. The number of hydrogen-bond acceptors (Lipinski definition) is 5. The smallest absolute Gasteiger partial charge is 0.246 e. The van der Waals surface area contributed by atoms with Gasteiger partial charge in [-0.3, -0.25) is 4.79 Å². The van der Waals surface area contributed by atoms with Crippen LogP contribution in [0.4, 0.5) is 4.39 Å². The minimum Gasteiger partial charge on any atom is -0.495 e. The predicted molar refractivity (Wildman–Crippen MR) is 109 cm³/mol. The van der Waals surface area contributed by atoms with Gasteiger partial charge >= 0.3 is 0 Å². The van der Waals surface area contributed by atoms with E-state index in [4.69, 9.17) is 9.47 Å². The highest BCUT2D eigenvalue weighted by Gasteiger charge is 2.29. The van der Waals surface area contributed by atoms with E-state index in [1.807, 2.05) is 0 Å². The Hall–Kier alpha value is -2.49. The van der Waals surface area contributed by atoms with Crippen LogP contribution in [0.5, 0.6) is 5.75 Å². The van der Waals surface area contributed by atoms with Crippen LogP contribution in [-0.2, 0) is 32.5 Å². The van der Waals surface area contributed by atoms with Crippen molar-refractivity contribution in [3.8, 4) is 5.75 Å². The number of methoxy groups -OCH3 is 1. The molecule has 3 rings (SSSR count). The largest absolute Gasteiger partial charge is 0.495 e. The van der Waals surface area contributed by atoms with E-state index in [0.29, 0.717) is 29.9 Å². The van der Waals surface area contributed by atoms with Crippen LogP contribution in [0.2, 0.25) is 0 Å². The molecule has 0 radical (unpaired) electrons. The summed E-state index contributed by atoms with van der Waals surface area (Å²) in [6.07, 6.45) is -0.00995. The predicted octanol–water partition coefficient (Wildman–Crippen LogP) is 2.02. The molecule has 1 aliphatic heterocycles. The number of amides is 1. The molecule has 0 aliphatic carbocycles. The van der Waals surface area contributed by atoms with Gasteiger partial charge in [-0.25, -0.2) is 12.8 Å². The number of morpholine rings is 1. The molecule has 162 valence electrons. The van der Waals surface area contributed by atoms with Crippen molar-refractivity contribution in [2.45, 2.75) is 24.8 Å². The molecule has 30 heavy (non-hydrogen) atoms. The monoisotopic (exact) mass is 436 g/mol. The second-order valence-corrected chi connectivity index (χ2v) is 8.95. The highest BCUT2D eigenvalue weighted by atomic mass is 32.2. The van der Waals surface area contributed by atoms with Crippen molar-refractivity contribution in [3.05, 3.63) is 58.9 Å². The molecule has 7 nitrogen and oxygen atoms in total. The zero-order chi connectivity index (χ0) is 21.7. The Bertz CT molecular complexity index is 1020. The molecule has 0 spiro atoms. The Balaban J connectivity index is 1.72. The zero-order valence-electron chi connectivity index (χ0n) is 17.0. The quantitative estimate of drug-likeness (QED) is 0.718. The van der Waals surface area contributed by atoms with Crippen molar-refractivity contribution in [3.63, 3.8) is 0 Å². The Labute approximate surface area is 175 Å². The molecule has 1 saturated heterocycles. The van der Waals surface area contributed by atoms with Gasteiger partial charge in [0.05, 0.1) is 26.7 Å². The molecule has 1 fully saturated rings. The van der Waals surface area contributed by atoms with Crippen LogP contribution in [0.15, 0.2) is 41.3 Å². The molecule has 1 heterocycles. The second-order valence-electron chi connectivity index (χ2n) is 7.04. The summed E-state index contributed by atoms with van der Waals surface area (Å²) in [5, 5.41) is 2.73. The number of rotatable bonds is 7. The first-order valence-corrected chi connectivity index (χ1v) is 11.0. The van der Waals surface area contributed by atoms with E-state index in [9.17, 15) is 17.6 Å². The Morgan fingerprint density at radius 2 is 1.87 bits per heavy atom. The topological polar surface area (TPSA) is 84.9 Å². The average Bonchev–Trinajstić information content (AvgIpc) is 2.75. The van der Waals surface area contributed by atoms with E-state index in [1.165, 1.54) is 23.5 Å². The molecule has 2 aromatic carbocycles. The number of halogens is 1. The molecule has 1 aliphatic rings. The summed E-state index contributed by atoms with van der Waals surface area (Å²) in [7, 11) is -2.37. The SMILES string of the molecule is COc1ccc(CC(=O)NCc2ccc(C)c(F)c2)cc1S(=O)(=O)N1CCOCC1. The number of nitrogens with one attached hydrogen (secondary N) is 1. The van der Waals surface area contributed by atoms with Crippen LogP contribution in [-0.4, -0.2) is 52.0 Å². The Kier molecular flexibility index (Phi) is 7.06. The first kappa shape index (κ1) is 22.2. The van der Waals surface area contributed by atoms with Crippen molar-refractivity contribution in [2.75, 3.05) is 33.4 Å². The normalized spacial score (nSPS) is 15.0. The molecule has 0 aromatic heterocycles. The van der Waals surface area contributed by atoms with Crippen LogP contribution >= 0.6 is 0 Å². The lowest BCUT2D eigenvalue weighted by atomic mass is 10.1. The van der Waals surface area contributed by atoms with Crippen molar-refractivity contribution in [1.29, 1.82) is 0 Å². The van der Waals surface area contributed by atoms with E-state index < -0.39 is 10.0 Å². The number of benzene rings is 2.